The molecule has 0 aliphatic rings. The molecule has 11 nitrogen and oxygen atoms in total. The quantitative estimate of drug-likeness (QED) is 0.152. The van der Waals surface area contributed by atoms with E-state index in [4.69, 9.17) is 5.73 Å². The Morgan fingerprint density at radius 1 is 1.03 bits per heavy atom. The second-order valence-corrected chi connectivity index (χ2v) is 9.41. The van der Waals surface area contributed by atoms with Crippen LogP contribution >= 0.6 is 24.4 Å². The summed E-state index contributed by atoms with van der Waals surface area (Å²) in [4.78, 5) is 56.9. The summed E-state index contributed by atoms with van der Waals surface area (Å²) in [5, 5.41) is 17.0. The number of imidazole rings is 1. The molecule has 0 bridgehead atoms. The molecule has 0 fully saturated rings. The number of aromatic amines is 1. The van der Waals surface area contributed by atoms with E-state index in [1.807, 2.05) is 36.6 Å². The molecule has 36 heavy (non-hydrogen) atoms. The van der Waals surface area contributed by atoms with Crippen LogP contribution in [0, 0.1) is 0 Å². The molecule has 4 unspecified atom stereocenters. The zero-order chi connectivity index (χ0) is 26.5. The smallest absolute Gasteiger partial charge is 0.327 e. The monoisotopic (exact) mass is 536 g/mol. The van der Waals surface area contributed by atoms with Crippen molar-refractivity contribution in [2.75, 3.05) is 17.8 Å². The van der Waals surface area contributed by atoms with Gasteiger partial charge in [0.2, 0.25) is 17.7 Å². The third-order valence-electron chi connectivity index (χ3n) is 5.29. The van der Waals surface area contributed by atoms with Gasteiger partial charge in [0.25, 0.3) is 0 Å². The summed E-state index contributed by atoms with van der Waals surface area (Å²) in [5.74, 6) is -2.57. The first-order chi connectivity index (χ1) is 17.2. The number of carboxylic acid groups (broad SMARTS) is 1. The molecular weight excluding hydrogens is 504 g/mol. The highest BCUT2D eigenvalue weighted by atomic mass is 32.2. The summed E-state index contributed by atoms with van der Waals surface area (Å²) < 4.78 is 0. The Morgan fingerprint density at radius 3 is 2.25 bits per heavy atom. The van der Waals surface area contributed by atoms with Crippen molar-refractivity contribution in [1.29, 1.82) is 0 Å². The second-order valence-electron chi connectivity index (χ2n) is 8.06. The van der Waals surface area contributed by atoms with Gasteiger partial charge in [-0.05, 0) is 30.4 Å². The predicted octanol–water partition coefficient (Wildman–Crippen LogP) is -0.256. The topological polar surface area (TPSA) is 179 Å². The van der Waals surface area contributed by atoms with Crippen molar-refractivity contribution in [2.45, 2.75) is 43.4 Å². The number of nitrogens with two attached hydrogens (primary N) is 1. The first kappa shape index (κ1) is 29.2. The molecule has 0 aliphatic carbocycles. The number of thioether (sulfide) groups is 1. The van der Waals surface area contributed by atoms with Gasteiger partial charge in [0, 0.05) is 24.1 Å². The van der Waals surface area contributed by atoms with E-state index in [0.717, 1.165) is 5.56 Å². The third-order valence-corrected chi connectivity index (χ3v) is 6.30. The zero-order valence-corrected chi connectivity index (χ0v) is 21.6. The van der Waals surface area contributed by atoms with E-state index in [0.29, 0.717) is 24.3 Å². The van der Waals surface area contributed by atoms with Crippen molar-refractivity contribution in [3.8, 4) is 0 Å². The van der Waals surface area contributed by atoms with Crippen molar-refractivity contribution < 1.29 is 24.3 Å². The summed E-state index contributed by atoms with van der Waals surface area (Å²) in [7, 11) is 0. The molecule has 3 amide bonds. The van der Waals surface area contributed by atoms with Crippen LogP contribution in [0.25, 0.3) is 0 Å². The first-order valence-corrected chi connectivity index (χ1v) is 13.3. The third kappa shape index (κ3) is 9.55. The fraction of sp³-hybridized carbons (Fsp3) is 0.435. The number of nitrogens with zero attached hydrogens (tertiary/aromatic N) is 1. The van der Waals surface area contributed by atoms with E-state index in [2.05, 4.69) is 38.5 Å². The number of carboxylic acids is 1. The van der Waals surface area contributed by atoms with Crippen LogP contribution in [0.5, 0.6) is 0 Å². The molecule has 1 aromatic heterocycles. The first-order valence-electron chi connectivity index (χ1n) is 11.3. The lowest BCUT2D eigenvalue weighted by molar-refractivity contribution is -0.141. The van der Waals surface area contributed by atoms with Gasteiger partial charge in [-0.2, -0.15) is 24.4 Å². The van der Waals surface area contributed by atoms with E-state index in [1.165, 1.54) is 24.3 Å². The molecule has 2 rings (SSSR count). The summed E-state index contributed by atoms with van der Waals surface area (Å²) >= 11 is 5.46. The Bertz CT molecular complexity index is 992. The fourth-order valence-electron chi connectivity index (χ4n) is 3.30. The van der Waals surface area contributed by atoms with Gasteiger partial charge in [0.15, 0.2) is 0 Å². The number of rotatable bonds is 15. The maximum Gasteiger partial charge on any atom is 0.327 e. The van der Waals surface area contributed by atoms with E-state index in [-0.39, 0.29) is 12.2 Å². The number of carbonyl (C=O) groups excluding carboxylic acids is 3. The van der Waals surface area contributed by atoms with Crippen LogP contribution in [0.15, 0.2) is 42.9 Å². The molecule has 7 N–H and O–H groups in total. The molecule has 2 aromatic rings. The van der Waals surface area contributed by atoms with Crippen LogP contribution < -0.4 is 21.7 Å². The number of benzene rings is 1. The van der Waals surface area contributed by atoms with Crippen molar-refractivity contribution in [2.24, 2.45) is 5.73 Å². The molecule has 0 radical (unpaired) electrons. The molecule has 0 saturated carbocycles. The van der Waals surface area contributed by atoms with Gasteiger partial charge in [-0.25, -0.2) is 9.78 Å². The summed E-state index contributed by atoms with van der Waals surface area (Å²) in [6.07, 6.45) is 5.44. The maximum atomic E-state index is 13.2. The van der Waals surface area contributed by atoms with E-state index in [1.54, 1.807) is 0 Å². The molecular formula is C23H32N6O5S2. The Hall–Kier alpha value is -3.03. The Morgan fingerprint density at radius 2 is 1.67 bits per heavy atom. The van der Waals surface area contributed by atoms with Crippen LogP contribution in [0.2, 0.25) is 0 Å². The number of nitrogens with one attached hydrogen (secondary N) is 4. The summed E-state index contributed by atoms with van der Waals surface area (Å²) in [6, 6.07) is 5.12. The lowest BCUT2D eigenvalue weighted by Crippen LogP contribution is -2.58. The van der Waals surface area contributed by atoms with Crippen LogP contribution in [-0.4, -0.2) is 80.7 Å². The lowest BCUT2D eigenvalue weighted by Gasteiger charge is -2.25. The normalized spacial score (nSPS) is 14.2. The molecule has 196 valence electrons. The van der Waals surface area contributed by atoms with Crippen molar-refractivity contribution >= 4 is 48.1 Å². The largest absolute Gasteiger partial charge is 0.480 e. The van der Waals surface area contributed by atoms with Gasteiger partial charge in [-0.3, -0.25) is 14.4 Å². The second kappa shape index (κ2) is 15.2. The number of hydrogen-bond acceptors (Lipinski definition) is 8. The molecule has 13 heteroatoms. The molecule has 0 saturated heterocycles. The van der Waals surface area contributed by atoms with Crippen molar-refractivity contribution in [1.82, 2.24) is 25.9 Å². The average molecular weight is 537 g/mol. The standard InChI is InChI=1S/C23H32N6O5S2/c1-36-8-7-17(27-20(30)16(24)9-14-5-3-2-4-6-14)21(31)28-18(10-15-11-25-13-26-15)22(32)29-19(12-35)23(33)34/h2-6,11,13,16-19,35H,7-10,12,24H2,1H3,(H,25,26)(H,27,30)(H,28,31)(H,29,32)(H,33,34). The molecule has 1 heterocycles. The number of aromatic nitrogens is 2. The highest BCUT2D eigenvalue weighted by Gasteiger charge is 2.30. The predicted molar refractivity (Wildman–Crippen MR) is 141 cm³/mol. The van der Waals surface area contributed by atoms with Gasteiger partial charge in [-0.1, -0.05) is 30.3 Å². The number of hydrogen-bond donors (Lipinski definition) is 7. The van der Waals surface area contributed by atoms with Gasteiger partial charge >= 0.3 is 5.97 Å². The van der Waals surface area contributed by atoms with Gasteiger partial charge in [-0.15, -0.1) is 0 Å². The van der Waals surface area contributed by atoms with Crippen LogP contribution in [0.4, 0.5) is 0 Å². The number of H-pyrrole nitrogens is 1. The minimum Gasteiger partial charge on any atom is -0.480 e. The zero-order valence-electron chi connectivity index (χ0n) is 19.8. The number of amides is 3. The SMILES string of the molecule is CSCCC(NC(=O)C(N)Cc1ccccc1)C(=O)NC(Cc1cnc[nH]1)C(=O)NC(CS)C(=O)O. The molecule has 4 atom stereocenters. The summed E-state index contributed by atoms with van der Waals surface area (Å²) in [5.41, 5.74) is 7.52. The maximum absolute atomic E-state index is 13.2. The highest BCUT2D eigenvalue weighted by molar-refractivity contribution is 7.98. The van der Waals surface area contributed by atoms with E-state index >= 15 is 0 Å². The van der Waals surface area contributed by atoms with E-state index in [9.17, 15) is 24.3 Å². The highest BCUT2D eigenvalue weighted by Crippen LogP contribution is 2.07. The van der Waals surface area contributed by atoms with Crippen LogP contribution in [0.1, 0.15) is 17.7 Å². The van der Waals surface area contributed by atoms with Gasteiger partial charge < -0.3 is 31.8 Å². The molecule has 0 spiro atoms. The Balaban J connectivity index is 2.12. The number of thiol groups is 1. The number of carbonyl (C=O) groups is 4. The Labute approximate surface area is 219 Å². The lowest BCUT2D eigenvalue weighted by atomic mass is 10.0. The number of aliphatic carboxylic acids is 1. The minimum absolute atomic E-state index is 0.0349. The van der Waals surface area contributed by atoms with Crippen molar-refractivity contribution in [3.05, 3.63) is 54.1 Å². The van der Waals surface area contributed by atoms with E-state index < -0.39 is 47.9 Å². The molecule has 1 aromatic carbocycles. The minimum atomic E-state index is -1.25. The average Bonchev–Trinajstić information content (AvgIpc) is 3.37. The Kier molecular flexibility index (Phi) is 12.3. The summed E-state index contributed by atoms with van der Waals surface area (Å²) in [6.45, 7) is 0. The van der Waals surface area contributed by atoms with Crippen molar-refractivity contribution in [3.63, 3.8) is 0 Å². The van der Waals surface area contributed by atoms with Gasteiger partial charge in [0.1, 0.15) is 18.1 Å². The molecule has 0 aliphatic heterocycles. The van der Waals surface area contributed by atoms with Gasteiger partial charge in [0.05, 0.1) is 12.4 Å². The van der Waals surface area contributed by atoms with Crippen LogP contribution in [-0.2, 0) is 32.0 Å². The fourth-order valence-corrected chi connectivity index (χ4v) is 4.02. The van der Waals surface area contributed by atoms with Crippen LogP contribution in [0.3, 0.4) is 0 Å².